The highest BCUT2D eigenvalue weighted by Crippen LogP contribution is 2.55. The van der Waals surface area contributed by atoms with E-state index in [2.05, 4.69) is 11.3 Å². The third-order valence-corrected chi connectivity index (χ3v) is 3.88. The summed E-state index contributed by atoms with van der Waals surface area (Å²) in [5, 5.41) is 9.33. The molecular weight excluding hydrogens is 220 g/mol. The molecule has 0 saturated heterocycles. The van der Waals surface area contributed by atoms with Crippen molar-refractivity contribution in [2.45, 2.75) is 26.7 Å². The molecule has 0 spiro atoms. The van der Waals surface area contributed by atoms with E-state index in [0.717, 1.165) is 12.8 Å². The highest BCUT2D eigenvalue weighted by molar-refractivity contribution is 5.81. The zero-order valence-corrected chi connectivity index (χ0v) is 10.6. The number of hydrogen-bond donors (Lipinski definition) is 1. The van der Waals surface area contributed by atoms with Crippen LogP contribution in [0.15, 0.2) is 12.7 Å². The molecule has 0 aliphatic heterocycles. The normalized spacial score (nSPS) is 22.1. The lowest BCUT2D eigenvalue weighted by Crippen LogP contribution is -2.37. The number of rotatable bonds is 6. The van der Waals surface area contributed by atoms with Gasteiger partial charge in [0.2, 0.25) is 0 Å². The third kappa shape index (κ3) is 2.68. The van der Waals surface area contributed by atoms with Gasteiger partial charge in [-0.15, -0.1) is 6.58 Å². The summed E-state index contributed by atoms with van der Waals surface area (Å²) in [7, 11) is 1.28. The van der Waals surface area contributed by atoms with Gasteiger partial charge in [-0.05, 0) is 24.2 Å². The topological polar surface area (TPSA) is 63.6 Å². The van der Waals surface area contributed by atoms with Gasteiger partial charge in [0.15, 0.2) is 0 Å². The van der Waals surface area contributed by atoms with Crippen molar-refractivity contribution < 1.29 is 19.4 Å². The Kier molecular flexibility index (Phi) is 3.96. The van der Waals surface area contributed by atoms with Crippen LogP contribution < -0.4 is 0 Å². The van der Waals surface area contributed by atoms with Crippen LogP contribution in [-0.2, 0) is 14.3 Å². The second-order valence-electron chi connectivity index (χ2n) is 5.09. The minimum Gasteiger partial charge on any atom is -0.481 e. The van der Waals surface area contributed by atoms with Crippen molar-refractivity contribution in [1.82, 2.24) is 0 Å². The first kappa shape index (κ1) is 13.7. The van der Waals surface area contributed by atoms with Gasteiger partial charge in [-0.25, -0.2) is 0 Å². The SMILES string of the molecule is C=CC(C(C(=O)O)C(C)C(=O)OC)C1(C)CC1. The summed E-state index contributed by atoms with van der Waals surface area (Å²) in [6.07, 6.45) is 3.65. The summed E-state index contributed by atoms with van der Waals surface area (Å²) in [5.41, 5.74) is -0.0207. The number of methoxy groups -OCH3 is 1. The summed E-state index contributed by atoms with van der Waals surface area (Å²) in [6, 6.07) is 0. The fourth-order valence-electron chi connectivity index (χ4n) is 2.41. The van der Waals surface area contributed by atoms with Crippen LogP contribution in [-0.4, -0.2) is 24.2 Å². The number of hydrogen-bond acceptors (Lipinski definition) is 3. The fraction of sp³-hybridized carbons (Fsp3) is 0.692. The molecule has 96 valence electrons. The van der Waals surface area contributed by atoms with Crippen molar-refractivity contribution in [3.8, 4) is 0 Å². The monoisotopic (exact) mass is 240 g/mol. The van der Waals surface area contributed by atoms with Crippen LogP contribution in [0, 0.1) is 23.2 Å². The lowest BCUT2D eigenvalue weighted by Gasteiger charge is -2.29. The van der Waals surface area contributed by atoms with Crippen LogP contribution in [0.4, 0.5) is 0 Å². The van der Waals surface area contributed by atoms with Crippen molar-refractivity contribution in [2.24, 2.45) is 23.2 Å². The summed E-state index contributed by atoms with van der Waals surface area (Å²) in [5.74, 6) is -3.03. The van der Waals surface area contributed by atoms with Crippen LogP contribution in [0.2, 0.25) is 0 Å². The summed E-state index contributed by atoms with van der Waals surface area (Å²) < 4.78 is 4.63. The molecule has 0 radical (unpaired) electrons. The Bertz CT molecular complexity index is 330. The van der Waals surface area contributed by atoms with Crippen molar-refractivity contribution in [1.29, 1.82) is 0 Å². The van der Waals surface area contributed by atoms with E-state index in [1.165, 1.54) is 7.11 Å². The third-order valence-electron chi connectivity index (χ3n) is 3.88. The smallest absolute Gasteiger partial charge is 0.309 e. The summed E-state index contributed by atoms with van der Waals surface area (Å²) >= 11 is 0. The predicted octanol–water partition coefficient (Wildman–Crippen LogP) is 2.10. The van der Waals surface area contributed by atoms with E-state index in [-0.39, 0.29) is 11.3 Å². The van der Waals surface area contributed by atoms with Gasteiger partial charge in [0.25, 0.3) is 0 Å². The zero-order valence-electron chi connectivity index (χ0n) is 10.6. The average molecular weight is 240 g/mol. The van der Waals surface area contributed by atoms with Gasteiger partial charge in [0, 0.05) is 0 Å². The maximum Gasteiger partial charge on any atom is 0.309 e. The molecule has 4 nitrogen and oxygen atoms in total. The standard InChI is InChI=1S/C13H20O4/c1-5-9(13(3)6-7-13)10(11(14)15)8(2)12(16)17-4/h5,8-10H,1,6-7H2,2-4H3,(H,14,15). The molecule has 3 atom stereocenters. The Labute approximate surface area is 102 Å². The first-order valence-corrected chi connectivity index (χ1v) is 5.80. The van der Waals surface area contributed by atoms with Gasteiger partial charge in [0.05, 0.1) is 18.9 Å². The molecule has 0 aromatic heterocycles. The van der Waals surface area contributed by atoms with Crippen LogP contribution in [0.1, 0.15) is 26.7 Å². The molecule has 0 amide bonds. The van der Waals surface area contributed by atoms with Crippen LogP contribution in [0.25, 0.3) is 0 Å². The molecule has 1 saturated carbocycles. The molecule has 0 aromatic rings. The average Bonchev–Trinajstić information content (AvgIpc) is 3.02. The Morgan fingerprint density at radius 1 is 1.47 bits per heavy atom. The number of carbonyl (C=O) groups excluding carboxylic acids is 1. The molecule has 3 unspecified atom stereocenters. The molecular formula is C13H20O4. The quantitative estimate of drug-likeness (QED) is 0.570. The van der Waals surface area contributed by atoms with E-state index in [9.17, 15) is 14.7 Å². The number of carboxylic acid groups (broad SMARTS) is 1. The molecule has 4 heteroatoms. The molecule has 1 rings (SSSR count). The van der Waals surface area contributed by atoms with Crippen molar-refractivity contribution in [3.05, 3.63) is 12.7 Å². The van der Waals surface area contributed by atoms with E-state index >= 15 is 0 Å². The van der Waals surface area contributed by atoms with Gasteiger partial charge in [0.1, 0.15) is 0 Å². The number of aliphatic carboxylic acids is 1. The van der Waals surface area contributed by atoms with E-state index in [1.807, 2.05) is 6.92 Å². The zero-order chi connectivity index (χ0) is 13.2. The van der Waals surface area contributed by atoms with Gasteiger partial charge in [-0.1, -0.05) is 19.9 Å². The molecule has 17 heavy (non-hydrogen) atoms. The number of ether oxygens (including phenoxy) is 1. The lowest BCUT2D eigenvalue weighted by atomic mass is 9.74. The number of allylic oxidation sites excluding steroid dienone is 1. The van der Waals surface area contributed by atoms with Crippen molar-refractivity contribution >= 4 is 11.9 Å². The number of carboxylic acids is 1. The highest BCUT2D eigenvalue weighted by atomic mass is 16.5. The molecule has 0 heterocycles. The largest absolute Gasteiger partial charge is 0.481 e. The van der Waals surface area contributed by atoms with E-state index in [4.69, 9.17) is 0 Å². The minimum atomic E-state index is -0.957. The lowest BCUT2D eigenvalue weighted by molar-refractivity contribution is -0.157. The second kappa shape index (κ2) is 4.90. The maximum absolute atomic E-state index is 11.5. The molecule has 1 aliphatic carbocycles. The van der Waals surface area contributed by atoms with Crippen molar-refractivity contribution in [3.63, 3.8) is 0 Å². The number of carbonyl (C=O) groups is 2. The molecule has 1 fully saturated rings. The second-order valence-corrected chi connectivity index (χ2v) is 5.09. The Balaban J connectivity index is 2.95. The summed E-state index contributed by atoms with van der Waals surface area (Å²) in [6.45, 7) is 7.37. The van der Waals surface area contributed by atoms with E-state index in [1.54, 1.807) is 13.0 Å². The Morgan fingerprint density at radius 3 is 2.29 bits per heavy atom. The van der Waals surface area contributed by atoms with Crippen LogP contribution in [0.5, 0.6) is 0 Å². The predicted molar refractivity (Wildman–Crippen MR) is 63.3 cm³/mol. The van der Waals surface area contributed by atoms with Gasteiger partial charge in [-0.2, -0.15) is 0 Å². The van der Waals surface area contributed by atoms with Gasteiger partial charge >= 0.3 is 11.9 Å². The van der Waals surface area contributed by atoms with Gasteiger partial charge < -0.3 is 9.84 Å². The first-order chi connectivity index (χ1) is 7.87. The summed E-state index contributed by atoms with van der Waals surface area (Å²) in [4.78, 5) is 22.9. The van der Waals surface area contributed by atoms with Crippen molar-refractivity contribution in [2.75, 3.05) is 7.11 Å². The highest BCUT2D eigenvalue weighted by Gasteiger charge is 2.51. The molecule has 0 bridgehead atoms. The van der Waals surface area contributed by atoms with Crippen LogP contribution >= 0.6 is 0 Å². The molecule has 1 N–H and O–H groups in total. The Morgan fingerprint density at radius 2 is 2.00 bits per heavy atom. The first-order valence-electron chi connectivity index (χ1n) is 5.80. The minimum absolute atomic E-state index is 0.0207. The molecule has 0 aromatic carbocycles. The van der Waals surface area contributed by atoms with E-state index < -0.39 is 23.8 Å². The van der Waals surface area contributed by atoms with Crippen LogP contribution in [0.3, 0.4) is 0 Å². The fourth-order valence-corrected chi connectivity index (χ4v) is 2.41. The maximum atomic E-state index is 11.5. The molecule has 1 aliphatic rings. The Hall–Kier alpha value is -1.32. The number of esters is 1. The van der Waals surface area contributed by atoms with E-state index in [0.29, 0.717) is 0 Å². The van der Waals surface area contributed by atoms with Gasteiger partial charge in [-0.3, -0.25) is 9.59 Å².